The highest BCUT2D eigenvalue weighted by atomic mass is 16.5. The Labute approximate surface area is 173 Å². The number of hydrogen-bond acceptors (Lipinski definition) is 5. The molecule has 1 aliphatic carbocycles. The van der Waals surface area contributed by atoms with Crippen LogP contribution in [0.25, 0.3) is 10.9 Å². The number of benzene rings is 1. The lowest BCUT2D eigenvalue weighted by Crippen LogP contribution is -2.43. The standard InChI is InChI=1S/C24H33N3O2/c1-24(2)15-21(6-9-29-24)25-16-20-13-19-12-17-4-3-5-18(17)14-22(19)26-23(20)27-7-10-28-11-8-27/h12-14,21,25H,3-11,15-16H2,1-2H3/t21-/m0/s1. The third kappa shape index (κ3) is 4.14. The molecule has 5 nitrogen and oxygen atoms in total. The number of ether oxygens (including phenoxy) is 2. The number of aromatic nitrogens is 1. The highest BCUT2D eigenvalue weighted by Gasteiger charge is 2.29. The van der Waals surface area contributed by atoms with Gasteiger partial charge in [0.15, 0.2) is 0 Å². The zero-order valence-electron chi connectivity index (χ0n) is 17.8. The molecule has 2 fully saturated rings. The summed E-state index contributed by atoms with van der Waals surface area (Å²) in [4.78, 5) is 7.58. The average Bonchev–Trinajstić information content (AvgIpc) is 3.17. The fourth-order valence-corrected chi connectivity index (χ4v) is 5.12. The second-order valence-corrected chi connectivity index (χ2v) is 9.42. The Morgan fingerprint density at radius 2 is 1.90 bits per heavy atom. The van der Waals surface area contributed by atoms with Crippen molar-refractivity contribution < 1.29 is 9.47 Å². The molecule has 5 heteroatoms. The number of nitrogens with one attached hydrogen (secondary N) is 1. The van der Waals surface area contributed by atoms with Crippen LogP contribution in [-0.4, -0.2) is 49.5 Å². The van der Waals surface area contributed by atoms with Gasteiger partial charge in [0.05, 0.1) is 24.3 Å². The third-order valence-electron chi connectivity index (χ3n) is 6.67. The summed E-state index contributed by atoms with van der Waals surface area (Å²) in [5, 5.41) is 5.10. The fourth-order valence-electron chi connectivity index (χ4n) is 5.12. The van der Waals surface area contributed by atoms with Crippen molar-refractivity contribution >= 4 is 16.7 Å². The first kappa shape index (κ1) is 19.3. The molecule has 3 aliphatic rings. The van der Waals surface area contributed by atoms with E-state index in [1.807, 2.05) is 0 Å². The molecule has 1 atom stereocenters. The Balaban J connectivity index is 1.45. The summed E-state index contributed by atoms with van der Waals surface area (Å²) in [7, 11) is 0. The van der Waals surface area contributed by atoms with E-state index in [4.69, 9.17) is 14.5 Å². The Kier molecular flexibility index (Phi) is 5.23. The van der Waals surface area contributed by atoms with Gasteiger partial charge in [-0.05, 0) is 75.3 Å². The molecule has 29 heavy (non-hydrogen) atoms. The van der Waals surface area contributed by atoms with Crippen LogP contribution in [0.5, 0.6) is 0 Å². The number of anilines is 1. The molecule has 1 aromatic carbocycles. The largest absolute Gasteiger partial charge is 0.378 e. The first-order valence-electron chi connectivity index (χ1n) is 11.2. The quantitative estimate of drug-likeness (QED) is 0.857. The summed E-state index contributed by atoms with van der Waals surface area (Å²) in [5.74, 6) is 1.14. The van der Waals surface area contributed by atoms with Gasteiger partial charge in [-0.25, -0.2) is 4.98 Å². The normalized spacial score (nSPS) is 24.1. The van der Waals surface area contributed by atoms with E-state index in [0.717, 1.165) is 63.6 Å². The summed E-state index contributed by atoms with van der Waals surface area (Å²) in [6, 6.07) is 7.59. The number of aryl methyl sites for hydroxylation is 2. The molecule has 156 valence electrons. The van der Waals surface area contributed by atoms with Gasteiger partial charge in [0.1, 0.15) is 5.82 Å². The van der Waals surface area contributed by atoms with Gasteiger partial charge in [0, 0.05) is 43.2 Å². The highest BCUT2D eigenvalue weighted by Crippen LogP contribution is 2.31. The minimum Gasteiger partial charge on any atom is -0.378 e. The topological polar surface area (TPSA) is 46.6 Å². The van der Waals surface area contributed by atoms with Gasteiger partial charge in [-0.3, -0.25) is 0 Å². The van der Waals surface area contributed by atoms with E-state index in [-0.39, 0.29) is 5.60 Å². The minimum absolute atomic E-state index is 0.0366. The summed E-state index contributed by atoms with van der Waals surface area (Å²) in [6.07, 6.45) is 5.80. The first-order valence-corrected chi connectivity index (χ1v) is 11.2. The van der Waals surface area contributed by atoms with Gasteiger partial charge in [-0.2, -0.15) is 0 Å². The van der Waals surface area contributed by atoms with Crippen LogP contribution in [0.1, 0.15) is 49.8 Å². The van der Waals surface area contributed by atoms with Crippen LogP contribution in [0.15, 0.2) is 18.2 Å². The molecule has 0 saturated carbocycles. The Morgan fingerprint density at radius 1 is 1.10 bits per heavy atom. The Hall–Kier alpha value is -1.69. The van der Waals surface area contributed by atoms with Crippen LogP contribution in [-0.2, 0) is 28.9 Å². The van der Waals surface area contributed by atoms with Crippen LogP contribution in [0.4, 0.5) is 5.82 Å². The molecule has 0 bridgehead atoms. The van der Waals surface area contributed by atoms with Crippen molar-refractivity contribution in [3.8, 4) is 0 Å². The molecule has 0 unspecified atom stereocenters. The summed E-state index contributed by atoms with van der Waals surface area (Å²) < 4.78 is 11.5. The third-order valence-corrected chi connectivity index (χ3v) is 6.67. The molecule has 1 aromatic heterocycles. The highest BCUT2D eigenvalue weighted by molar-refractivity contribution is 5.84. The minimum atomic E-state index is -0.0366. The molecular formula is C24H33N3O2. The van der Waals surface area contributed by atoms with E-state index in [2.05, 4.69) is 42.3 Å². The molecule has 0 spiro atoms. The van der Waals surface area contributed by atoms with Crippen molar-refractivity contribution in [3.63, 3.8) is 0 Å². The Morgan fingerprint density at radius 3 is 2.69 bits per heavy atom. The van der Waals surface area contributed by atoms with Gasteiger partial charge in [-0.15, -0.1) is 0 Å². The zero-order chi connectivity index (χ0) is 19.8. The molecular weight excluding hydrogens is 362 g/mol. The zero-order valence-corrected chi connectivity index (χ0v) is 17.8. The van der Waals surface area contributed by atoms with E-state index in [9.17, 15) is 0 Å². The van der Waals surface area contributed by atoms with Crippen LogP contribution in [0, 0.1) is 0 Å². The fraction of sp³-hybridized carbons (Fsp3) is 0.625. The number of rotatable bonds is 4. The smallest absolute Gasteiger partial charge is 0.133 e. The van der Waals surface area contributed by atoms with Crippen molar-refractivity contribution in [1.82, 2.24) is 10.3 Å². The van der Waals surface area contributed by atoms with E-state index < -0.39 is 0 Å². The molecule has 2 aromatic rings. The van der Waals surface area contributed by atoms with Crippen LogP contribution < -0.4 is 10.2 Å². The molecule has 2 aliphatic heterocycles. The molecule has 1 N–H and O–H groups in total. The molecule has 2 saturated heterocycles. The second-order valence-electron chi connectivity index (χ2n) is 9.42. The van der Waals surface area contributed by atoms with Crippen LogP contribution >= 0.6 is 0 Å². The lowest BCUT2D eigenvalue weighted by Gasteiger charge is -2.36. The maximum atomic E-state index is 5.89. The van der Waals surface area contributed by atoms with E-state index >= 15 is 0 Å². The second kappa shape index (κ2) is 7.86. The Bertz CT molecular complexity index is 889. The number of hydrogen-bond donors (Lipinski definition) is 1. The van der Waals surface area contributed by atoms with Crippen molar-refractivity contribution in [2.45, 2.75) is 64.1 Å². The predicted octanol–water partition coefficient (Wildman–Crippen LogP) is 3.61. The maximum Gasteiger partial charge on any atom is 0.133 e. The SMILES string of the molecule is CC1(C)C[C@@H](NCc2cc3cc4c(cc3nc2N2CCOCC2)CCC4)CCO1. The number of morpholine rings is 1. The lowest BCUT2D eigenvalue weighted by molar-refractivity contribution is -0.0630. The van der Waals surface area contributed by atoms with Gasteiger partial charge in [-0.1, -0.05) is 0 Å². The summed E-state index contributed by atoms with van der Waals surface area (Å²) >= 11 is 0. The van der Waals surface area contributed by atoms with Gasteiger partial charge >= 0.3 is 0 Å². The summed E-state index contributed by atoms with van der Waals surface area (Å²) in [6.45, 7) is 9.48. The van der Waals surface area contributed by atoms with Crippen molar-refractivity contribution in [2.75, 3.05) is 37.8 Å². The van der Waals surface area contributed by atoms with Crippen molar-refractivity contribution in [3.05, 3.63) is 34.9 Å². The van der Waals surface area contributed by atoms with Gasteiger partial charge < -0.3 is 19.7 Å². The predicted molar refractivity (Wildman–Crippen MR) is 117 cm³/mol. The van der Waals surface area contributed by atoms with Crippen LogP contribution in [0.2, 0.25) is 0 Å². The van der Waals surface area contributed by atoms with Crippen LogP contribution in [0.3, 0.4) is 0 Å². The number of fused-ring (bicyclic) bond motifs is 2. The van der Waals surface area contributed by atoms with Gasteiger partial charge in [0.2, 0.25) is 0 Å². The molecule has 5 rings (SSSR count). The van der Waals surface area contributed by atoms with E-state index in [1.165, 1.54) is 41.3 Å². The van der Waals surface area contributed by atoms with Crippen molar-refractivity contribution in [1.29, 1.82) is 0 Å². The summed E-state index contributed by atoms with van der Waals surface area (Å²) in [5.41, 5.74) is 5.42. The van der Waals surface area contributed by atoms with E-state index in [0.29, 0.717) is 6.04 Å². The molecule has 0 amide bonds. The van der Waals surface area contributed by atoms with Crippen molar-refractivity contribution in [2.24, 2.45) is 0 Å². The maximum absolute atomic E-state index is 5.89. The number of pyridine rings is 1. The number of nitrogens with zero attached hydrogens (tertiary/aromatic N) is 2. The van der Waals surface area contributed by atoms with Gasteiger partial charge in [0.25, 0.3) is 0 Å². The molecule has 3 heterocycles. The van der Waals surface area contributed by atoms with E-state index in [1.54, 1.807) is 0 Å². The lowest BCUT2D eigenvalue weighted by atomic mass is 9.94. The molecule has 0 radical (unpaired) electrons. The monoisotopic (exact) mass is 395 g/mol. The average molecular weight is 396 g/mol. The first-order chi connectivity index (χ1) is 14.1.